The second kappa shape index (κ2) is 3.45. The Balaban J connectivity index is 4.00. The van der Waals surface area contributed by atoms with Crippen LogP contribution in [-0.4, -0.2) is 17.9 Å². The zero-order valence-corrected chi connectivity index (χ0v) is 5.42. The number of nitrogens with two attached hydrogens (primary N) is 1. The molecule has 3 N–H and O–H groups in total. The Bertz CT molecular complexity index is 194. The van der Waals surface area contributed by atoms with Crippen LogP contribution in [-0.2, 0) is 9.59 Å². The third-order valence-electron chi connectivity index (χ3n) is 0.761. The number of carbonyl (C=O) groups excluding carboxylic acids is 2. The van der Waals surface area contributed by atoms with E-state index in [1.807, 2.05) is 0 Å². The number of nitrogens with zero attached hydrogens (tertiary/aromatic N) is 1. The molecule has 2 amide bonds. The first-order valence-electron chi connectivity index (χ1n) is 2.54. The molecule has 0 radical (unpaired) electrons. The topological polar surface area (TPSA) is 96.0 Å². The smallest absolute Gasteiger partial charge is 0.254 e. The lowest BCUT2D eigenvalue weighted by Crippen LogP contribution is -2.42. The van der Waals surface area contributed by atoms with Gasteiger partial charge in [-0.2, -0.15) is 5.26 Å². The predicted octanol–water partition coefficient (Wildman–Crippen LogP) is -1.50. The molecule has 10 heavy (non-hydrogen) atoms. The van der Waals surface area contributed by atoms with Gasteiger partial charge in [0.05, 0.1) is 6.07 Å². The number of rotatable bonds is 2. The molecule has 0 rings (SSSR count). The van der Waals surface area contributed by atoms with E-state index in [2.05, 4.69) is 5.32 Å². The van der Waals surface area contributed by atoms with Crippen LogP contribution < -0.4 is 11.1 Å². The fourth-order valence-electron chi connectivity index (χ4n) is 0.370. The molecule has 54 valence electrons. The largest absolute Gasteiger partial charge is 0.367 e. The number of carbonyl (C=O) groups is 2. The van der Waals surface area contributed by atoms with Crippen molar-refractivity contribution in [1.29, 1.82) is 5.26 Å². The van der Waals surface area contributed by atoms with Gasteiger partial charge in [-0.15, -0.1) is 0 Å². The molecule has 0 bridgehead atoms. The minimum atomic E-state index is -1.21. The quantitative estimate of drug-likeness (QED) is 0.489. The molecular formula is C5H7N3O2. The molecule has 0 aliphatic carbocycles. The van der Waals surface area contributed by atoms with E-state index >= 15 is 0 Å². The maximum absolute atomic E-state index is 10.3. The Morgan fingerprint density at radius 3 is 2.30 bits per heavy atom. The van der Waals surface area contributed by atoms with Crippen LogP contribution >= 0.6 is 0 Å². The lowest BCUT2D eigenvalue weighted by atomic mass is 10.3. The van der Waals surface area contributed by atoms with Gasteiger partial charge in [0.2, 0.25) is 5.91 Å². The van der Waals surface area contributed by atoms with Crippen molar-refractivity contribution in [2.45, 2.75) is 13.0 Å². The van der Waals surface area contributed by atoms with E-state index < -0.39 is 17.9 Å². The van der Waals surface area contributed by atoms with Gasteiger partial charge in [-0.3, -0.25) is 9.59 Å². The van der Waals surface area contributed by atoms with Crippen molar-refractivity contribution in [3.05, 3.63) is 0 Å². The summed E-state index contributed by atoms with van der Waals surface area (Å²) < 4.78 is 0. The molecule has 0 aromatic carbocycles. The summed E-state index contributed by atoms with van der Waals surface area (Å²) in [4.78, 5) is 20.5. The second-order valence-electron chi connectivity index (χ2n) is 1.67. The van der Waals surface area contributed by atoms with Gasteiger partial charge >= 0.3 is 0 Å². The van der Waals surface area contributed by atoms with E-state index in [1.165, 1.54) is 13.0 Å². The van der Waals surface area contributed by atoms with E-state index in [0.29, 0.717) is 0 Å². The number of hydrogen-bond acceptors (Lipinski definition) is 3. The molecule has 0 spiro atoms. The first-order valence-corrected chi connectivity index (χ1v) is 2.54. The van der Waals surface area contributed by atoms with E-state index in [1.54, 1.807) is 0 Å². The third-order valence-corrected chi connectivity index (χ3v) is 0.761. The fraction of sp³-hybridized carbons (Fsp3) is 0.400. The molecule has 0 saturated heterocycles. The van der Waals surface area contributed by atoms with Crippen molar-refractivity contribution in [2.24, 2.45) is 5.73 Å². The zero-order valence-electron chi connectivity index (χ0n) is 5.42. The highest BCUT2D eigenvalue weighted by atomic mass is 16.2. The zero-order chi connectivity index (χ0) is 8.15. The van der Waals surface area contributed by atoms with Crippen molar-refractivity contribution < 1.29 is 9.59 Å². The maximum Gasteiger partial charge on any atom is 0.254 e. The van der Waals surface area contributed by atoms with E-state index in [-0.39, 0.29) is 0 Å². The summed E-state index contributed by atoms with van der Waals surface area (Å²) in [7, 11) is 0. The van der Waals surface area contributed by atoms with Gasteiger partial charge < -0.3 is 11.1 Å². The van der Waals surface area contributed by atoms with Gasteiger partial charge in [0, 0.05) is 6.92 Å². The fourth-order valence-corrected chi connectivity index (χ4v) is 0.370. The highest BCUT2D eigenvalue weighted by Crippen LogP contribution is 1.77. The van der Waals surface area contributed by atoms with Crippen LogP contribution in [0.4, 0.5) is 0 Å². The normalized spacial score (nSPS) is 11.2. The summed E-state index contributed by atoms with van der Waals surface area (Å²) in [5.74, 6) is -1.30. The predicted molar refractivity (Wildman–Crippen MR) is 32.4 cm³/mol. The molecule has 5 nitrogen and oxygen atoms in total. The monoisotopic (exact) mass is 141 g/mol. The van der Waals surface area contributed by atoms with Gasteiger partial charge in [0.1, 0.15) is 0 Å². The van der Waals surface area contributed by atoms with Crippen LogP contribution in [0.5, 0.6) is 0 Å². The number of nitriles is 1. The van der Waals surface area contributed by atoms with Gasteiger partial charge in [-0.05, 0) is 0 Å². The van der Waals surface area contributed by atoms with Crippen LogP contribution in [0.25, 0.3) is 0 Å². The summed E-state index contributed by atoms with van der Waals surface area (Å²) in [6.45, 7) is 1.20. The lowest BCUT2D eigenvalue weighted by Gasteiger charge is -2.02. The maximum atomic E-state index is 10.3. The molecule has 0 aliphatic rings. The number of primary amides is 1. The minimum Gasteiger partial charge on any atom is -0.367 e. The van der Waals surface area contributed by atoms with E-state index in [9.17, 15) is 9.59 Å². The van der Waals surface area contributed by atoms with Crippen LogP contribution in [0.3, 0.4) is 0 Å². The first-order chi connectivity index (χ1) is 4.57. The van der Waals surface area contributed by atoms with Crippen LogP contribution in [0.1, 0.15) is 6.92 Å². The van der Waals surface area contributed by atoms with Crippen LogP contribution in [0.2, 0.25) is 0 Å². The molecule has 0 aliphatic heterocycles. The molecule has 0 unspecified atom stereocenters. The molecule has 0 aromatic rings. The summed E-state index contributed by atoms with van der Waals surface area (Å²) in [5, 5.41) is 10.2. The minimum absolute atomic E-state index is 0.453. The Hall–Kier alpha value is -1.57. The van der Waals surface area contributed by atoms with Gasteiger partial charge in [-0.25, -0.2) is 0 Å². The number of amides is 2. The number of nitrogens with one attached hydrogen (secondary N) is 1. The van der Waals surface area contributed by atoms with E-state index in [4.69, 9.17) is 11.0 Å². The molecular weight excluding hydrogens is 134 g/mol. The highest BCUT2D eigenvalue weighted by molar-refractivity contribution is 5.87. The summed E-state index contributed by atoms with van der Waals surface area (Å²) in [6.07, 6.45) is 0. The molecule has 0 heterocycles. The average molecular weight is 141 g/mol. The second-order valence-corrected chi connectivity index (χ2v) is 1.67. The molecule has 5 heteroatoms. The van der Waals surface area contributed by atoms with Crippen molar-refractivity contribution in [3.8, 4) is 6.07 Å². The van der Waals surface area contributed by atoms with Gasteiger partial charge in [-0.1, -0.05) is 0 Å². The average Bonchev–Trinajstić information content (AvgIpc) is 1.81. The Morgan fingerprint density at radius 1 is 1.70 bits per heavy atom. The third kappa shape index (κ3) is 2.67. The summed E-state index contributed by atoms with van der Waals surface area (Å²) in [6, 6.07) is 0.316. The Kier molecular flexibility index (Phi) is 2.91. The lowest BCUT2D eigenvalue weighted by molar-refractivity contribution is -0.124. The Labute approximate surface area is 57.8 Å². The molecule has 0 aromatic heterocycles. The van der Waals surface area contributed by atoms with E-state index in [0.717, 1.165) is 0 Å². The molecule has 0 fully saturated rings. The van der Waals surface area contributed by atoms with Crippen molar-refractivity contribution in [3.63, 3.8) is 0 Å². The van der Waals surface area contributed by atoms with Crippen LogP contribution in [0.15, 0.2) is 0 Å². The van der Waals surface area contributed by atoms with Crippen LogP contribution in [0, 0.1) is 11.3 Å². The molecule has 0 saturated carbocycles. The Morgan fingerprint density at radius 2 is 2.20 bits per heavy atom. The standard InChI is InChI=1S/C5H7N3O2/c1-3(9)8-4(2-6)5(7)10/h4H,1H3,(H2,7,10)(H,8,9)/t4-/m1/s1. The first kappa shape index (κ1) is 8.43. The van der Waals surface area contributed by atoms with Crippen molar-refractivity contribution in [1.82, 2.24) is 5.32 Å². The van der Waals surface area contributed by atoms with Crippen molar-refractivity contribution in [2.75, 3.05) is 0 Å². The van der Waals surface area contributed by atoms with Gasteiger partial charge in [0.25, 0.3) is 5.91 Å². The summed E-state index contributed by atoms with van der Waals surface area (Å²) in [5.41, 5.74) is 4.72. The molecule has 1 atom stereocenters. The SMILES string of the molecule is CC(=O)N[C@H](C#N)C(N)=O. The van der Waals surface area contributed by atoms with Gasteiger partial charge in [0.15, 0.2) is 6.04 Å². The highest BCUT2D eigenvalue weighted by Gasteiger charge is 2.13. The van der Waals surface area contributed by atoms with Crippen molar-refractivity contribution >= 4 is 11.8 Å². The number of hydrogen-bond donors (Lipinski definition) is 2. The summed E-state index contributed by atoms with van der Waals surface area (Å²) >= 11 is 0.